The van der Waals surface area contributed by atoms with Gasteiger partial charge in [-0.2, -0.15) is 0 Å². The first-order chi connectivity index (χ1) is 6.76. The smallest absolute Gasteiger partial charge is 0.316 e. The van der Waals surface area contributed by atoms with E-state index in [9.17, 15) is 4.79 Å². The molecule has 0 radical (unpaired) electrons. The first-order valence-corrected chi connectivity index (χ1v) is 5.22. The Morgan fingerprint density at radius 1 is 1.29 bits per heavy atom. The van der Waals surface area contributed by atoms with Gasteiger partial charge in [0, 0.05) is 13.1 Å². The van der Waals surface area contributed by atoms with E-state index in [1.165, 1.54) is 0 Å². The van der Waals surface area contributed by atoms with E-state index in [0.717, 1.165) is 26.2 Å². The number of rotatable bonds is 5. The van der Waals surface area contributed by atoms with Crippen LogP contribution in [0.1, 0.15) is 13.8 Å². The van der Waals surface area contributed by atoms with Crippen LogP contribution in [-0.4, -0.2) is 55.3 Å². The molecule has 1 rings (SSSR count). The van der Waals surface area contributed by atoms with Crippen LogP contribution in [0.15, 0.2) is 0 Å². The van der Waals surface area contributed by atoms with Gasteiger partial charge in [-0.15, -0.1) is 0 Å². The lowest BCUT2D eigenvalue weighted by molar-refractivity contribution is 0.164. The van der Waals surface area contributed by atoms with Crippen molar-refractivity contribution in [2.45, 2.75) is 13.8 Å². The lowest BCUT2D eigenvalue weighted by Crippen LogP contribution is -2.55. The van der Waals surface area contributed by atoms with Crippen molar-refractivity contribution in [1.82, 2.24) is 20.4 Å². The van der Waals surface area contributed by atoms with Crippen molar-refractivity contribution in [2.75, 3.05) is 39.5 Å². The van der Waals surface area contributed by atoms with Crippen LogP contribution in [0, 0.1) is 0 Å². The lowest BCUT2D eigenvalue weighted by Gasteiger charge is -2.29. The van der Waals surface area contributed by atoms with Crippen LogP contribution in [0.2, 0.25) is 0 Å². The Morgan fingerprint density at radius 2 is 1.86 bits per heavy atom. The Hall–Kier alpha value is -0.810. The number of nitrogens with one attached hydrogen (secondary N) is 2. The average molecular weight is 200 g/mol. The molecule has 0 atom stereocenters. The summed E-state index contributed by atoms with van der Waals surface area (Å²) in [4.78, 5) is 15.4. The van der Waals surface area contributed by atoms with E-state index in [1.54, 1.807) is 0 Å². The summed E-state index contributed by atoms with van der Waals surface area (Å²) in [6, 6.07) is -0.0657. The molecule has 1 saturated heterocycles. The second-order valence-electron chi connectivity index (χ2n) is 3.42. The molecular weight excluding hydrogens is 180 g/mol. The van der Waals surface area contributed by atoms with E-state index in [2.05, 4.69) is 34.3 Å². The van der Waals surface area contributed by atoms with Crippen LogP contribution in [0.3, 0.4) is 0 Å². The molecule has 5 heteroatoms. The van der Waals surface area contributed by atoms with Crippen molar-refractivity contribution in [1.29, 1.82) is 0 Å². The van der Waals surface area contributed by atoms with E-state index in [1.807, 2.05) is 0 Å². The quantitative estimate of drug-likeness (QED) is 0.649. The molecule has 0 aromatic rings. The zero-order chi connectivity index (χ0) is 10.4. The third kappa shape index (κ3) is 3.51. The summed E-state index contributed by atoms with van der Waals surface area (Å²) < 4.78 is 0. The van der Waals surface area contributed by atoms with Gasteiger partial charge >= 0.3 is 6.03 Å². The van der Waals surface area contributed by atoms with Gasteiger partial charge in [0.2, 0.25) is 0 Å². The molecule has 0 aliphatic carbocycles. The van der Waals surface area contributed by atoms with Gasteiger partial charge < -0.3 is 15.5 Å². The summed E-state index contributed by atoms with van der Waals surface area (Å²) in [5, 5.41) is 5.50. The van der Waals surface area contributed by atoms with Crippen LogP contribution in [0.4, 0.5) is 4.79 Å². The summed E-state index contributed by atoms with van der Waals surface area (Å²) in [7, 11) is 0. The van der Waals surface area contributed by atoms with E-state index >= 15 is 0 Å². The fraction of sp³-hybridized carbons (Fsp3) is 0.889. The molecule has 82 valence electrons. The van der Waals surface area contributed by atoms with Gasteiger partial charge in [-0.1, -0.05) is 13.8 Å². The molecule has 2 amide bonds. The second kappa shape index (κ2) is 5.82. The average Bonchev–Trinajstić information content (AvgIpc) is 2.22. The highest BCUT2D eigenvalue weighted by Gasteiger charge is 2.13. The maximum Gasteiger partial charge on any atom is 0.316 e. The van der Waals surface area contributed by atoms with Crippen LogP contribution in [0.5, 0.6) is 0 Å². The third-order valence-corrected chi connectivity index (χ3v) is 2.55. The van der Waals surface area contributed by atoms with Crippen molar-refractivity contribution in [3.8, 4) is 0 Å². The Balaban J connectivity index is 2.15. The van der Waals surface area contributed by atoms with Gasteiger partial charge in [0.05, 0.1) is 13.3 Å². The number of nitrogens with zero attached hydrogens (tertiary/aromatic N) is 2. The standard InChI is InChI=1S/C9H20N4O/c1-3-12(4-2)5-6-13-7-10-9(14)11-8-13/h3-8H2,1-2H3,(H2,10,11,14). The number of amides is 2. The van der Waals surface area contributed by atoms with Crippen LogP contribution < -0.4 is 10.6 Å². The topological polar surface area (TPSA) is 47.6 Å². The second-order valence-corrected chi connectivity index (χ2v) is 3.42. The molecule has 1 fully saturated rings. The Bertz CT molecular complexity index is 172. The van der Waals surface area contributed by atoms with E-state index in [4.69, 9.17) is 0 Å². The molecule has 1 heterocycles. The molecule has 5 nitrogen and oxygen atoms in total. The van der Waals surface area contributed by atoms with Crippen molar-refractivity contribution >= 4 is 6.03 Å². The zero-order valence-corrected chi connectivity index (χ0v) is 9.05. The molecule has 14 heavy (non-hydrogen) atoms. The molecule has 1 aliphatic rings. The normalized spacial score (nSPS) is 18.1. The van der Waals surface area contributed by atoms with Crippen LogP contribution in [-0.2, 0) is 0 Å². The summed E-state index contributed by atoms with van der Waals surface area (Å²) in [6.07, 6.45) is 0. The molecular formula is C9H20N4O. The number of carbonyl (C=O) groups is 1. The monoisotopic (exact) mass is 200 g/mol. The van der Waals surface area contributed by atoms with Gasteiger partial charge in [-0.05, 0) is 13.1 Å². The van der Waals surface area contributed by atoms with Crippen molar-refractivity contribution in [3.63, 3.8) is 0 Å². The first kappa shape index (κ1) is 11.3. The third-order valence-electron chi connectivity index (χ3n) is 2.55. The molecule has 0 bridgehead atoms. The zero-order valence-electron chi connectivity index (χ0n) is 9.05. The van der Waals surface area contributed by atoms with Crippen molar-refractivity contribution in [2.24, 2.45) is 0 Å². The van der Waals surface area contributed by atoms with Crippen LogP contribution in [0.25, 0.3) is 0 Å². The number of carbonyl (C=O) groups excluding carboxylic acids is 1. The molecule has 0 aromatic carbocycles. The van der Waals surface area contributed by atoms with Crippen molar-refractivity contribution < 1.29 is 4.79 Å². The van der Waals surface area contributed by atoms with E-state index < -0.39 is 0 Å². The molecule has 2 N–H and O–H groups in total. The summed E-state index contributed by atoms with van der Waals surface area (Å²) >= 11 is 0. The van der Waals surface area contributed by atoms with Gasteiger partial charge in [0.15, 0.2) is 0 Å². The minimum absolute atomic E-state index is 0.0657. The van der Waals surface area contributed by atoms with E-state index in [-0.39, 0.29) is 6.03 Å². The van der Waals surface area contributed by atoms with Gasteiger partial charge in [0.1, 0.15) is 0 Å². The number of hydrogen-bond donors (Lipinski definition) is 2. The minimum atomic E-state index is -0.0657. The first-order valence-electron chi connectivity index (χ1n) is 5.22. The fourth-order valence-electron chi connectivity index (χ4n) is 1.47. The lowest BCUT2D eigenvalue weighted by atomic mass is 10.4. The van der Waals surface area contributed by atoms with Gasteiger partial charge in [-0.25, -0.2) is 4.79 Å². The number of hydrogen-bond acceptors (Lipinski definition) is 3. The number of urea groups is 1. The highest BCUT2D eigenvalue weighted by molar-refractivity contribution is 5.74. The Labute approximate surface area is 85.4 Å². The largest absolute Gasteiger partial charge is 0.325 e. The van der Waals surface area contributed by atoms with E-state index in [0.29, 0.717) is 13.3 Å². The highest BCUT2D eigenvalue weighted by atomic mass is 16.2. The summed E-state index contributed by atoms with van der Waals surface area (Å²) in [5.74, 6) is 0. The number of likely N-dealkylation sites (N-methyl/N-ethyl adjacent to an activating group) is 1. The van der Waals surface area contributed by atoms with Gasteiger partial charge in [0.25, 0.3) is 0 Å². The molecule has 0 spiro atoms. The molecule has 0 aromatic heterocycles. The Morgan fingerprint density at radius 3 is 2.36 bits per heavy atom. The molecule has 0 saturated carbocycles. The van der Waals surface area contributed by atoms with Crippen LogP contribution >= 0.6 is 0 Å². The Kier molecular flexibility index (Phi) is 4.69. The predicted molar refractivity (Wildman–Crippen MR) is 55.9 cm³/mol. The SMILES string of the molecule is CCN(CC)CCN1CNC(=O)NC1. The maximum absolute atomic E-state index is 10.8. The fourth-order valence-corrected chi connectivity index (χ4v) is 1.47. The van der Waals surface area contributed by atoms with Crippen molar-refractivity contribution in [3.05, 3.63) is 0 Å². The summed E-state index contributed by atoms with van der Waals surface area (Å²) in [6.45, 7) is 9.88. The molecule has 1 aliphatic heterocycles. The minimum Gasteiger partial charge on any atom is -0.325 e. The summed E-state index contributed by atoms with van der Waals surface area (Å²) in [5.41, 5.74) is 0. The molecule has 0 unspecified atom stereocenters. The van der Waals surface area contributed by atoms with Gasteiger partial charge in [-0.3, -0.25) is 4.90 Å². The highest BCUT2D eigenvalue weighted by Crippen LogP contribution is 1.92. The maximum atomic E-state index is 10.8. The predicted octanol–water partition coefficient (Wildman–Crippen LogP) is -0.142.